The molecule has 6 heteroatoms. The van der Waals surface area contributed by atoms with Gasteiger partial charge in [-0.05, 0) is 17.6 Å². The maximum absolute atomic E-state index is 11.2. The number of carbonyl (C=O) groups is 1. The summed E-state index contributed by atoms with van der Waals surface area (Å²) in [7, 11) is -1.55. The Bertz CT molecular complexity index is 322. The van der Waals surface area contributed by atoms with Crippen LogP contribution in [0.4, 0.5) is 0 Å². The van der Waals surface area contributed by atoms with E-state index >= 15 is 0 Å². The van der Waals surface area contributed by atoms with Gasteiger partial charge in [-0.15, -0.1) is 0 Å². The van der Waals surface area contributed by atoms with Crippen molar-refractivity contribution in [3.05, 3.63) is 29.8 Å². The smallest absolute Gasteiger partial charge is 0.460 e. The summed E-state index contributed by atoms with van der Waals surface area (Å²) in [5.74, 6) is -0.553. The Hall–Kier alpha value is -1.37. The molecule has 1 aromatic carbocycles. The zero-order valence-electron chi connectivity index (χ0n) is 7.96. The molecule has 0 bridgehead atoms. The summed E-state index contributed by atoms with van der Waals surface area (Å²) in [5.41, 5.74) is 0.599. The van der Waals surface area contributed by atoms with E-state index in [1.54, 1.807) is 0 Å². The number of hydrogen-bond acceptors (Lipinski definition) is 5. The molecular formula is C9H11BO5. The summed E-state index contributed by atoms with van der Waals surface area (Å²) in [5, 5.41) is 26.0. The van der Waals surface area contributed by atoms with E-state index in [1.165, 1.54) is 24.3 Å². The first-order chi connectivity index (χ1) is 7.15. The first kappa shape index (κ1) is 11.7. The van der Waals surface area contributed by atoms with Crippen molar-refractivity contribution >= 4 is 18.6 Å². The lowest BCUT2D eigenvalue weighted by atomic mass is 9.80. The standard InChI is InChI=1S/C9H11BO5/c11-5-6-15-9(12)7-1-3-8(4-2-7)10(13)14/h1-4,11,13-14H,5-6H2. The van der Waals surface area contributed by atoms with E-state index in [4.69, 9.17) is 15.2 Å². The summed E-state index contributed by atoms with van der Waals surface area (Å²) in [6, 6.07) is 5.68. The fourth-order valence-corrected chi connectivity index (χ4v) is 1.01. The van der Waals surface area contributed by atoms with Crippen molar-refractivity contribution < 1.29 is 24.7 Å². The molecule has 0 unspecified atom stereocenters. The lowest BCUT2D eigenvalue weighted by molar-refractivity contribution is 0.0434. The van der Waals surface area contributed by atoms with Crippen LogP contribution in [-0.2, 0) is 4.74 Å². The second-order valence-electron chi connectivity index (χ2n) is 2.86. The van der Waals surface area contributed by atoms with Gasteiger partial charge >= 0.3 is 13.1 Å². The quantitative estimate of drug-likeness (QED) is 0.416. The Morgan fingerprint density at radius 2 is 1.87 bits per heavy atom. The van der Waals surface area contributed by atoms with Gasteiger partial charge in [0.25, 0.3) is 0 Å². The molecule has 0 saturated heterocycles. The van der Waals surface area contributed by atoms with Gasteiger partial charge in [0.05, 0.1) is 12.2 Å². The summed E-state index contributed by atoms with van der Waals surface area (Å²) < 4.78 is 4.66. The average Bonchev–Trinajstić information content (AvgIpc) is 2.26. The van der Waals surface area contributed by atoms with Gasteiger partial charge in [-0.3, -0.25) is 0 Å². The molecule has 15 heavy (non-hydrogen) atoms. The lowest BCUT2D eigenvalue weighted by Crippen LogP contribution is -2.29. The zero-order valence-corrected chi connectivity index (χ0v) is 7.96. The largest absolute Gasteiger partial charge is 0.488 e. The molecule has 5 nitrogen and oxygen atoms in total. The molecule has 0 fully saturated rings. The number of carbonyl (C=O) groups excluding carboxylic acids is 1. The van der Waals surface area contributed by atoms with E-state index < -0.39 is 13.1 Å². The first-order valence-electron chi connectivity index (χ1n) is 4.39. The van der Waals surface area contributed by atoms with Crippen molar-refractivity contribution in [3.63, 3.8) is 0 Å². The van der Waals surface area contributed by atoms with Crippen LogP contribution in [0.25, 0.3) is 0 Å². The van der Waals surface area contributed by atoms with Crippen molar-refractivity contribution in [2.75, 3.05) is 13.2 Å². The first-order valence-corrected chi connectivity index (χ1v) is 4.39. The molecule has 1 aromatic rings. The third-order valence-electron chi connectivity index (χ3n) is 1.77. The Kier molecular flexibility index (Phi) is 4.29. The van der Waals surface area contributed by atoms with Crippen molar-refractivity contribution in [1.29, 1.82) is 0 Å². The van der Waals surface area contributed by atoms with Crippen LogP contribution in [0, 0.1) is 0 Å². The highest BCUT2D eigenvalue weighted by atomic mass is 16.5. The molecule has 0 saturated carbocycles. The Morgan fingerprint density at radius 1 is 1.27 bits per heavy atom. The molecule has 0 aliphatic rings. The van der Waals surface area contributed by atoms with Crippen LogP contribution >= 0.6 is 0 Å². The maximum Gasteiger partial charge on any atom is 0.488 e. The second kappa shape index (κ2) is 5.50. The van der Waals surface area contributed by atoms with Gasteiger partial charge in [0.1, 0.15) is 6.61 Å². The van der Waals surface area contributed by atoms with Crippen LogP contribution in [0.15, 0.2) is 24.3 Å². The van der Waals surface area contributed by atoms with Crippen LogP contribution < -0.4 is 5.46 Å². The number of ether oxygens (including phenoxy) is 1. The molecule has 0 aliphatic heterocycles. The summed E-state index contributed by atoms with van der Waals surface area (Å²) in [4.78, 5) is 11.2. The van der Waals surface area contributed by atoms with Crippen LogP contribution in [-0.4, -0.2) is 41.5 Å². The predicted octanol–water partition coefficient (Wildman–Crippen LogP) is -1.48. The van der Waals surface area contributed by atoms with Crippen LogP contribution in [0.3, 0.4) is 0 Å². The number of esters is 1. The lowest BCUT2D eigenvalue weighted by Gasteiger charge is -2.03. The predicted molar refractivity (Wildman–Crippen MR) is 53.6 cm³/mol. The van der Waals surface area contributed by atoms with E-state index in [9.17, 15) is 4.79 Å². The highest BCUT2D eigenvalue weighted by Gasteiger charge is 2.12. The molecule has 3 N–H and O–H groups in total. The number of aliphatic hydroxyl groups is 1. The molecule has 0 radical (unpaired) electrons. The van der Waals surface area contributed by atoms with Crippen molar-refractivity contribution in [2.45, 2.75) is 0 Å². The summed E-state index contributed by atoms with van der Waals surface area (Å²) >= 11 is 0. The number of rotatable bonds is 4. The number of benzene rings is 1. The van der Waals surface area contributed by atoms with E-state index in [-0.39, 0.29) is 13.2 Å². The Labute approximate surface area is 87.1 Å². The molecule has 0 heterocycles. The normalized spacial score (nSPS) is 9.80. The average molecular weight is 210 g/mol. The molecule has 0 amide bonds. The fraction of sp³-hybridized carbons (Fsp3) is 0.222. The third-order valence-corrected chi connectivity index (χ3v) is 1.77. The number of hydrogen-bond donors (Lipinski definition) is 3. The van der Waals surface area contributed by atoms with Gasteiger partial charge in [-0.2, -0.15) is 0 Å². The van der Waals surface area contributed by atoms with E-state index in [0.29, 0.717) is 11.0 Å². The minimum atomic E-state index is -1.55. The molecule has 1 rings (SSSR count). The van der Waals surface area contributed by atoms with E-state index in [1.807, 2.05) is 0 Å². The number of aliphatic hydroxyl groups excluding tert-OH is 1. The van der Waals surface area contributed by atoms with E-state index in [0.717, 1.165) is 0 Å². The highest BCUT2D eigenvalue weighted by Crippen LogP contribution is 2.00. The fourth-order valence-electron chi connectivity index (χ4n) is 1.01. The van der Waals surface area contributed by atoms with Gasteiger partial charge in [-0.25, -0.2) is 4.79 Å². The van der Waals surface area contributed by atoms with Gasteiger partial charge in [0, 0.05) is 0 Å². The van der Waals surface area contributed by atoms with Crippen molar-refractivity contribution in [1.82, 2.24) is 0 Å². The molecule has 0 aliphatic carbocycles. The topological polar surface area (TPSA) is 87.0 Å². The summed E-state index contributed by atoms with van der Waals surface area (Å²) in [6.45, 7) is -0.275. The zero-order chi connectivity index (χ0) is 11.3. The maximum atomic E-state index is 11.2. The highest BCUT2D eigenvalue weighted by molar-refractivity contribution is 6.58. The van der Waals surface area contributed by atoms with Gasteiger partial charge in [-0.1, -0.05) is 12.1 Å². The van der Waals surface area contributed by atoms with Gasteiger partial charge < -0.3 is 19.9 Å². The monoisotopic (exact) mass is 210 g/mol. The minimum Gasteiger partial charge on any atom is -0.460 e. The van der Waals surface area contributed by atoms with Crippen molar-refractivity contribution in [2.24, 2.45) is 0 Å². The van der Waals surface area contributed by atoms with Gasteiger partial charge in [0.15, 0.2) is 0 Å². The SMILES string of the molecule is O=C(OCCO)c1ccc(B(O)O)cc1. The molecular weight excluding hydrogens is 199 g/mol. The van der Waals surface area contributed by atoms with Crippen LogP contribution in [0.2, 0.25) is 0 Å². The van der Waals surface area contributed by atoms with E-state index in [2.05, 4.69) is 4.74 Å². The second-order valence-corrected chi connectivity index (χ2v) is 2.86. The molecule has 0 spiro atoms. The third kappa shape index (κ3) is 3.36. The molecule has 80 valence electrons. The summed E-state index contributed by atoms with van der Waals surface area (Å²) in [6.07, 6.45) is 0. The van der Waals surface area contributed by atoms with Crippen LogP contribution in [0.5, 0.6) is 0 Å². The minimum absolute atomic E-state index is 0.0524. The van der Waals surface area contributed by atoms with Crippen LogP contribution in [0.1, 0.15) is 10.4 Å². The Balaban J connectivity index is 2.67. The Morgan fingerprint density at radius 3 is 2.33 bits per heavy atom. The molecule has 0 atom stereocenters. The van der Waals surface area contributed by atoms with Gasteiger partial charge in [0.2, 0.25) is 0 Å². The van der Waals surface area contributed by atoms with Crippen molar-refractivity contribution in [3.8, 4) is 0 Å². The molecule has 0 aromatic heterocycles.